The van der Waals surface area contributed by atoms with Crippen molar-refractivity contribution in [3.8, 4) is 0 Å². The lowest BCUT2D eigenvalue weighted by molar-refractivity contribution is -0.139. The van der Waals surface area contributed by atoms with Gasteiger partial charge in [-0.3, -0.25) is 14.9 Å². The topological polar surface area (TPSA) is 78.4 Å². The van der Waals surface area contributed by atoms with Gasteiger partial charge in [-0.15, -0.1) is 0 Å². The third kappa shape index (κ3) is 4.97. The first-order valence-electron chi connectivity index (χ1n) is 5.00. The molecule has 3 N–H and O–H groups in total. The number of carbonyl (C=O) groups is 2. The largest absolute Gasteiger partial charge is 0.480 e. The average molecular weight is 301 g/mol. The first-order chi connectivity index (χ1) is 7.99. The van der Waals surface area contributed by atoms with E-state index in [0.29, 0.717) is 5.69 Å². The number of hydrogen-bond donors (Lipinski definition) is 3. The van der Waals surface area contributed by atoms with Gasteiger partial charge in [0.15, 0.2) is 0 Å². The maximum atomic E-state index is 11.5. The minimum Gasteiger partial charge on any atom is -0.480 e. The van der Waals surface area contributed by atoms with Gasteiger partial charge in [0, 0.05) is 10.2 Å². The molecule has 1 rings (SSSR count). The van der Waals surface area contributed by atoms with E-state index >= 15 is 0 Å². The number of hydrogen-bond acceptors (Lipinski definition) is 3. The van der Waals surface area contributed by atoms with Crippen molar-refractivity contribution in [2.75, 3.05) is 11.9 Å². The smallest absolute Gasteiger partial charge is 0.320 e. The lowest BCUT2D eigenvalue weighted by atomic mass is 10.3. The van der Waals surface area contributed by atoms with Crippen molar-refractivity contribution in [2.45, 2.75) is 13.0 Å². The van der Waals surface area contributed by atoms with E-state index in [9.17, 15) is 9.59 Å². The van der Waals surface area contributed by atoms with Crippen LogP contribution in [0, 0.1) is 0 Å². The van der Waals surface area contributed by atoms with E-state index in [1.54, 1.807) is 18.2 Å². The van der Waals surface area contributed by atoms with Gasteiger partial charge in [0.2, 0.25) is 5.91 Å². The quantitative estimate of drug-likeness (QED) is 0.769. The van der Waals surface area contributed by atoms with Crippen LogP contribution in [-0.4, -0.2) is 29.6 Å². The normalized spacial score (nSPS) is 11.9. The summed E-state index contributed by atoms with van der Waals surface area (Å²) in [6, 6.07) is 6.41. The van der Waals surface area contributed by atoms with Crippen LogP contribution in [-0.2, 0) is 9.59 Å². The predicted molar refractivity (Wildman–Crippen MR) is 67.9 cm³/mol. The molecule has 0 fully saturated rings. The Hall–Kier alpha value is -1.40. The number of carbonyl (C=O) groups excluding carboxylic acids is 1. The van der Waals surface area contributed by atoms with Crippen molar-refractivity contribution < 1.29 is 14.7 Å². The molecule has 5 nitrogen and oxygen atoms in total. The van der Waals surface area contributed by atoms with Crippen LogP contribution in [0.15, 0.2) is 28.7 Å². The highest BCUT2D eigenvalue weighted by Gasteiger charge is 2.11. The van der Waals surface area contributed by atoms with Crippen LogP contribution in [0.5, 0.6) is 0 Å². The van der Waals surface area contributed by atoms with Crippen LogP contribution in [0.4, 0.5) is 5.69 Å². The molecule has 0 spiro atoms. The van der Waals surface area contributed by atoms with E-state index in [1.807, 2.05) is 6.07 Å². The van der Waals surface area contributed by atoms with Crippen LogP contribution in [0.25, 0.3) is 0 Å². The number of carboxylic acids is 1. The van der Waals surface area contributed by atoms with Crippen LogP contribution < -0.4 is 10.6 Å². The molecule has 1 aromatic carbocycles. The number of rotatable bonds is 5. The van der Waals surface area contributed by atoms with E-state index in [-0.39, 0.29) is 12.5 Å². The first-order valence-corrected chi connectivity index (χ1v) is 5.80. The molecule has 0 bridgehead atoms. The summed E-state index contributed by atoms with van der Waals surface area (Å²) in [6.45, 7) is 1.44. The average Bonchev–Trinajstić information content (AvgIpc) is 2.25. The monoisotopic (exact) mass is 300 g/mol. The van der Waals surface area contributed by atoms with Gasteiger partial charge >= 0.3 is 5.97 Å². The Bertz CT molecular complexity index is 423. The van der Waals surface area contributed by atoms with Crippen molar-refractivity contribution in [1.29, 1.82) is 0 Å². The van der Waals surface area contributed by atoms with Crippen LogP contribution >= 0.6 is 15.9 Å². The van der Waals surface area contributed by atoms with E-state index in [0.717, 1.165) is 4.47 Å². The third-order valence-electron chi connectivity index (χ3n) is 2.05. The molecular formula is C11H13BrN2O3. The van der Waals surface area contributed by atoms with E-state index in [1.165, 1.54) is 6.92 Å². The molecule has 0 aliphatic rings. The molecule has 92 valence electrons. The molecule has 1 amide bonds. The van der Waals surface area contributed by atoms with Crippen molar-refractivity contribution in [3.05, 3.63) is 28.7 Å². The maximum Gasteiger partial charge on any atom is 0.320 e. The second-order valence-electron chi connectivity index (χ2n) is 3.50. The lowest BCUT2D eigenvalue weighted by Crippen LogP contribution is -2.39. The molecular weight excluding hydrogens is 288 g/mol. The number of carboxylic acid groups (broad SMARTS) is 1. The fraction of sp³-hybridized carbons (Fsp3) is 0.273. The maximum absolute atomic E-state index is 11.5. The van der Waals surface area contributed by atoms with Gasteiger partial charge in [-0.2, -0.15) is 0 Å². The van der Waals surface area contributed by atoms with Crippen molar-refractivity contribution in [1.82, 2.24) is 5.32 Å². The van der Waals surface area contributed by atoms with Crippen molar-refractivity contribution >= 4 is 33.5 Å². The number of benzene rings is 1. The van der Waals surface area contributed by atoms with E-state index in [4.69, 9.17) is 5.11 Å². The Morgan fingerprint density at radius 1 is 1.47 bits per heavy atom. The zero-order valence-electron chi connectivity index (χ0n) is 9.24. The molecule has 0 aliphatic heterocycles. The highest BCUT2D eigenvalue weighted by atomic mass is 79.9. The number of amides is 1. The summed E-state index contributed by atoms with van der Waals surface area (Å²) >= 11 is 3.29. The lowest BCUT2D eigenvalue weighted by Gasteiger charge is -2.09. The minimum atomic E-state index is -0.986. The number of nitrogens with one attached hydrogen (secondary N) is 2. The predicted octanol–water partition coefficient (Wildman–Crippen LogP) is 1.45. The van der Waals surface area contributed by atoms with Crippen LogP contribution in [0.1, 0.15) is 6.92 Å². The summed E-state index contributed by atoms with van der Waals surface area (Å²) in [7, 11) is 0. The Labute approximate surface area is 107 Å². The SMILES string of the molecule is C[C@H](NCC(=O)Nc1cccc(Br)c1)C(=O)O. The van der Waals surface area contributed by atoms with Gasteiger partial charge in [-0.25, -0.2) is 0 Å². The van der Waals surface area contributed by atoms with Gasteiger partial charge in [0.05, 0.1) is 6.54 Å². The molecule has 1 atom stereocenters. The highest BCUT2D eigenvalue weighted by Crippen LogP contribution is 2.15. The highest BCUT2D eigenvalue weighted by molar-refractivity contribution is 9.10. The van der Waals surface area contributed by atoms with Gasteiger partial charge < -0.3 is 10.4 Å². The third-order valence-corrected chi connectivity index (χ3v) is 2.54. The van der Waals surface area contributed by atoms with Gasteiger partial charge in [0.25, 0.3) is 0 Å². The van der Waals surface area contributed by atoms with Crippen molar-refractivity contribution in [3.63, 3.8) is 0 Å². The summed E-state index contributed by atoms with van der Waals surface area (Å²) < 4.78 is 0.863. The molecule has 17 heavy (non-hydrogen) atoms. The molecule has 0 saturated carbocycles. The molecule has 0 radical (unpaired) electrons. The number of halogens is 1. The first kappa shape index (κ1) is 13.7. The molecule has 0 unspecified atom stereocenters. The van der Waals surface area contributed by atoms with E-state index < -0.39 is 12.0 Å². The summed E-state index contributed by atoms with van der Waals surface area (Å²) in [5, 5.41) is 13.9. The number of anilines is 1. The summed E-state index contributed by atoms with van der Waals surface area (Å²) in [5.41, 5.74) is 0.661. The summed E-state index contributed by atoms with van der Waals surface area (Å²) in [5.74, 6) is -1.27. The fourth-order valence-electron chi connectivity index (χ4n) is 1.10. The molecule has 1 aromatic rings. The second-order valence-corrected chi connectivity index (χ2v) is 4.42. The fourth-order valence-corrected chi connectivity index (χ4v) is 1.50. The van der Waals surface area contributed by atoms with Gasteiger partial charge in [0.1, 0.15) is 6.04 Å². The van der Waals surface area contributed by atoms with Gasteiger partial charge in [-0.1, -0.05) is 22.0 Å². The zero-order valence-corrected chi connectivity index (χ0v) is 10.8. The van der Waals surface area contributed by atoms with Crippen LogP contribution in [0.2, 0.25) is 0 Å². The Kier molecular flexibility index (Phi) is 5.11. The second kappa shape index (κ2) is 6.36. The zero-order chi connectivity index (χ0) is 12.8. The molecule has 6 heteroatoms. The van der Waals surface area contributed by atoms with Gasteiger partial charge in [-0.05, 0) is 25.1 Å². The van der Waals surface area contributed by atoms with E-state index in [2.05, 4.69) is 26.6 Å². The molecule has 0 heterocycles. The Balaban J connectivity index is 2.42. The van der Waals surface area contributed by atoms with Crippen molar-refractivity contribution in [2.24, 2.45) is 0 Å². The Morgan fingerprint density at radius 2 is 2.18 bits per heavy atom. The molecule has 0 aliphatic carbocycles. The summed E-state index contributed by atoms with van der Waals surface area (Å²) in [4.78, 5) is 22.0. The Morgan fingerprint density at radius 3 is 2.76 bits per heavy atom. The molecule has 0 aromatic heterocycles. The standard InChI is InChI=1S/C11H13BrN2O3/c1-7(11(16)17)13-6-10(15)14-9-4-2-3-8(12)5-9/h2-5,7,13H,6H2,1H3,(H,14,15)(H,16,17)/t7-/m0/s1. The molecule has 0 saturated heterocycles. The van der Waals surface area contributed by atoms with Crippen LogP contribution in [0.3, 0.4) is 0 Å². The minimum absolute atomic E-state index is 0.0417. The summed E-state index contributed by atoms with van der Waals surface area (Å²) in [6.07, 6.45) is 0. The number of aliphatic carboxylic acids is 1.